The highest BCUT2D eigenvalue weighted by Crippen LogP contribution is 2.38. The number of ether oxygens (including phenoxy) is 1. The highest BCUT2D eigenvalue weighted by molar-refractivity contribution is 7.99. The van der Waals surface area contributed by atoms with Gasteiger partial charge in [0.15, 0.2) is 0 Å². The lowest BCUT2D eigenvalue weighted by molar-refractivity contribution is -0.384. The smallest absolute Gasteiger partial charge is 0.341 e. The summed E-state index contributed by atoms with van der Waals surface area (Å²) in [4.78, 5) is 50.1. The molecule has 2 amide bonds. The summed E-state index contributed by atoms with van der Waals surface area (Å²) in [5.74, 6) is -1.64. The zero-order valence-electron chi connectivity index (χ0n) is 21.5. The number of esters is 1. The van der Waals surface area contributed by atoms with Gasteiger partial charge in [0.2, 0.25) is 5.91 Å². The lowest BCUT2D eigenvalue weighted by Crippen LogP contribution is -2.16. The van der Waals surface area contributed by atoms with E-state index in [1.54, 1.807) is 45.0 Å². The van der Waals surface area contributed by atoms with Gasteiger partial charge in [0, 0.05) is 33.7 Å². The number of benzene rings is 2. The van der Waals surface area contributed by atoms with Gasteiger partial charge in [0.1, 0.15) is 16.6 Å². The Kier molecular flexibility index (Phi) is 9.59. The van der Waals surface area contributed by atoms with Crippen LogP contribution in [0.15, 0.2) is 57.8 Å². The molecule has 3 rings (SSSR count). The number of carbonyl (C=O) groups excluding carboxylic acids is 3. The van der Waals surface area contributed by atoms with Crippen LogP contribution in [-0.2, 0) is 14.3 Å². The first kappa shape index (κ1) is 29.1. The van der Waals surface area contributed by atoms with E-state index in [2.05, 4.69) is 10.6 Å². The predicted octanol–water partition coefficient (Wildman–Crippen LogP) is 6.11. The lowest BCUT2D eigenvalue weighted by atomic mass is 10.1. The number of nitrogens with zero attached hydrogens (tertiary/aromatic N) is 2. The van der Waals surface area contributed by atoms with E-state index in [0.717, 1.165) is 4.88 Å². The molecule has 0 bridgehead atoms. The molecule has 1 heterocycles. The van der Waals surface area contributed by atoms with Gasteiger partial charge < -0.3 is 15.4 Å². The fourth-order valence-electron chi connectivity index (χ4n) is 3.46. The molecule has 0 radical (unpaired) electrons. The number of para-hydroxylation sites is 1. The number of rotatable bonds is 9. The number of carbonyl (C=O) groups is 3. The molecule has 0 aliphatic carbocycles. The van der Waals surface area contributed by atoms with E-state index in [1.807, 2.05) is 6.07 Å². The standard InChI is InChI=1S/C27H24N4O6S2/c1-5-37-27(34)24-15(2)16(3)38-26(24)30-25(33)19(14-28)12-18-13-20(31(35)36)10-11-22(18)39-23-9-7-6-8-21(23)29-17(4)32/h6-13H,5H2,1-4H3,(H,29,32)(H,30,33)/b19-12-. The Bertz CT molecular complexity index is 1540. The summed E-state index contributed by atoms with van der Waals surface area (Å²) < 4.78 is 5.11. The number of nitro benzene ring substituents is 1. The average Bonchev–Trinajstić information content (AvgIpc) is 3.16. The number of nitro groups is 1. The van der Waals surface area contributed by atoms with Crippen LogP contribution in [0.1, 0.15) is 40.2 Å². The Hall–Kier alpha value is -4.47. The molecule has 0 saturated carbocycles. The number of hydrogen-bond acceptors (Lipinski definition) is 9. The molecule has 0 saturated heterocycles. The van der Waals surface area contributed by atoms with Crippen molar-refractivity contribution in [3.63, 3.8) is 0 Å². The summed E-state index contributed by atoms with van der Waals surface area (Å²) in [6.07, 6.45) is 1.25. The van der Waals surface area contributed by atoms with Crippen molar-refractivity contribution in [2.75, 3.05) is 17.2 Å². The maximum atomic E-state index is 13.1. The SMILES string of the molecule is CCOC(=O)c1c(NC(=O)/C(C#N)=C\c2cc([N+](=O)[O-])ccc2Sc2ccccc2NC(C)=O)sc(C)c1C. The third-order valence-electron chi connectivity index (χ3n) is 5.38. The van der Waals surface area contributed by atoms with Crippen LogP contribution in [0.2, 0.25) is 0 Å². The summed E-state index contributed by atoms with van der Waals surface area (Å²) in [6, 6.07) is 12.9. The molecular weight excluding hydrogens is 540 g/mol. The van der Waals surface area contributed by atoms with Crippen molar-refractivity contribution in [1.82, 2.24) is 0 Å². The van der Waals surface area contributed by atoms with Crippen LogP contribution in [0.3, 0.4) is 0 Å². The molecule has 1 aromatic heterocycles. The second-order valence-electron chi connectivity index (χ2n) is 8.09. The van der Waals surface area contributed by atoms with Crippen molar-refractivity contribution >= 4 is 63.3 Å². The Labute approximate surface area is 232 Å². The van der Waals surface area contributed by atoms with Crippen molar-refractivity contribution in [3.05, 3.63) is 79.7 Å². The zero-order valence-corrected chi connectivity index (χ0v) is 23.1. The molecule has 39 heavy (non-hydrogen) atoms. The van der Waals surface area contributed by atoms with Gasteiger partial charge in [-0.15, -0.1) is 11.3 Å². The second kappa shape index (κ2) is 12.9. The van der Waals surface area contributed by atoms with Gasteiger partial charge in [0.25, 0.3) is 11.6 Å². The minimum Gasteiger partial charge on any atom is -0.462 e. The first-order valence-electron chi connectivity index (χ1n) is 11.6. The number of aryl methyl sites for hydroxylation is 1. The zero-order chi connectivity index (χ0) is 28.7. The lowest BCUT2D eigenvalue weighted by Gasteiger charge is -2.11. The van der Waals surface area contributed by atoms with Crippen molar-refractivity contribution < 1.29 is 24.0 Å². The molecule has 0 atom stereocenters. The average molecular weight is 565 g/mol. The van der Waals surface area contributed by atoms with Crippen molar-refractivity contribution in [2.45, 2.75) is 37.5 Å². The first-order chi connectivity index (χ1) is 18.5. The van der Waals surface area contributed by atoms with Gasteiger partial charge >= 0.3 is 5.97 Å². The number of non-ortho nitro benzene ring substituents is 1. The summed E-state index contributed by atoms with van der Waals surface area (Å²) in [5, 5.41) is 26.9. The molecule has 200 valence electrons. The van der Waals surface area contributed by atoms with E-state index in [-0.39, 0.29) is 39.9 Å². The molecule has 3 aromatic rings. The number of anilines is 2. The number of thiophene rings is 1. The molecule has 0 fully saturated rings. The number of amides is 2. The maximum Gasteiger partial charge on any atom is 0.341 e. The fraction of sp³-hybridized carbons (Fsp3) is 0.185. The van der Waals surface area contributed by atoms with Gasteiger partial charge in [-0.05, 0) is 56.2 Å². The first-order valence-corrected chi connectivity index (χ1v) is 13.2. The summed E-state index contributed by atoms with van der Waals surface area (Å²) in [6.45, 7) is 6.74. The molecule has 0 unspecified atom stereocenters. The Morgan fingerprint density at radius 3 is 2.51 bits per heavy atom. The van der Waals surface area contributed by atoms with E-state index >= 15 is 0 Å². The Morgan fingerprint density at radius 2 is 1.87 bits per heavy atom. The molecule has 10 nitrogen and oxygen atoms in total. The van der Waals surface area contributed by atoms with Crippen molar-refractivity contribution in [1.29, 1.82) is 5.26 Å². The van der Waals surface area contributed by atoms with Gasteiger partial charge in [-0.3, -0.25) is 19.7 Å². The Morgan fingerprint density at radius 1 is 1.15 bits per heavy atom. The van der Waals surface area contributed by atoms with Crippen LogP contribution >= 0.6 is 23.1 Å². The summed E-state index contributed by atoms with van der Waals surface area (Å²) in [5.41, 5.74) is 1.11. The molecule has 0 spiro atoms. The van der Waals surface area contributed by atoms with E-state index in [1.165, 1.54) is 54.3 Å². The van der Waals surface area contributed by atoms with Crippen molar-refractivity contribution in [3.8, 4) is 6.07 Å². The Balaban J connectivity index is 2.03. The number of nitriles is 1. The normalized spacial score (nSPS) is 10.9. The number of nitrogens with one attached hydrogen (secondary N) is 2. The highest BCUT2D eigenvalue weighted by Gasteiger charge is 2.23. The monoisotopic (exact) mass is 564 g/mol. The molecule has 2 N–H and O–H groups in total. The van der Waals surface area contributed by atoms with Crippen LogP contribution in [0.4, 0.5) is 16.4 Å². The van der Waals surface area contributed by atoms with Crippen LogP contribution < -0.4 is 10.6 Å². The van der Waals surface area contributed by atoms with Crippen molar-refractivity contribution in [2.24, 2.45) is 0 Å². The molecule has 0 aliphatic heterocycles. The number of hydrogen-bond donors (Lipinski definition) is 2. The van der Waals surface area contributed by atoms with Gasteiger partial charge in [-0.1, -0.05) is 23.9 Å². The molecule has 0 aliphatic rings. The van der Waals surface area contributed by atoms with E-state index in [9.17, 15) is 29.8 Å². The predicted molar refractivity (Wildman–Crippen MR) is 150 cm³/mol. The fourth-order valence-corrected chi connectivity index (χ4v) is 5.49. The van der Waals surface area contributed by atoms with E-state index in [4.69, 9.17) is 4.74 Å². The quantitative estimate of drug-likeness (QED) is 0.104. The molecule has 12 heteroatoms. The molecule has 2 aromatic carbocycles. The molecular formula is C27H24N4O6S2. The van der Waals surface area contributed by atoms with Gasteiger partial charge in [0.05, 0.1) is 22.8 Å². The maximum absolute atomic E-state index is 13.1. The minimum absolute atomic E-state index is 0.155. The van der Waals surface area contributed by atoms with Crippen LogP contribution in [0.25, 0.3) is 6.08 Å². The van der Waals surface area contributed by atoms with Crippen LogP contribution in [0.5, 0.6) is 0 Å². The summed E-state index contributed by atoms with van der Waals surface area (Å²) in [7, 11) is 0. The topological polar surface area (TPSA) is 151 Å². The third kappa shape index (κ3) is 7.10. The van der Waals surface area contributed by atoms with Crippen LogP contribution in [-0.4, -0.2) is 29.3 Å². The summed E-state index contributed by atoms with van der Waals surface area (Å²) >= 11 is 2.38. The highest BCUT2D eigenvalue weighted by atomic mass is 32.2. The van der Waals surface area contributed by atoms with Gasteiger partial charge in [-0.2, -0.15) is 5.26 Å². The largest absolute Gasteiger partial charge is 0.462 e. The minimum atomic E-state index is -0.787. The third-order valence-corrected chi connectivity index (χ3v) is 7.67. The van der Waals surface area contributed by atoms with E-state index in [0.29, 0.717) is 21.0 Å². The van der Waals surface area contributed by atoms with Gasteiger partial charge in [-0.25, -0.2) is 4.79 Å². The van der Waals surface area contributed by atoms with Crippen LogP contribution in [0, 0.1) is 35.3 Å². The van der Waals surface area contributed by atoms with E-state index < -0.39 is 16.8 Å². The second-order valence-corrected chi connectivity index (χ2v) is 10.4.